The van der Waals surface area contributed by atoms with E-state index < -0.39 is 11.1 Å². The topological polar surface area (TPSA) is 85.9 Å². The van der Waals surface area contributed by atoms with Crippen LogP contribution in [0.4, 0.5) is 0 Å². The van der Waals surface area contributed by atoms with Crippen molar-refractivity contribution in [3.05, 3.63) is 44.5 Å². The highest BCUT2D eigenvalue weighted by atomic mass is 16.3. The second kappa shape index (κ2) is 4.32. The van der Waals surface area contributed by atoms with Crippen molar-refractivity contribution in [3.63, 3.8) is 0 Å². The van der Waals surface area contributed by atoms with E-state index in [0.717, 1.165) is 12.0 Å². The van der Waals surface area contributed by atoms with Crippen LogP contribution in [-0.2, 0) is 6.42 Å². The van der Waals surface area contributed by atoms with Crippen LogP contribution in [0.25, 0.3) is 11.0 Å². The fraction of sp³-hybridized carbons (Fsp3) is 0.273. The summed E-state index contributed by atoms with van der Waals surface area (Å²) in [7, 11) is 0. The molecule has 0 aliphatic heterocycles. The first-order chi connectivity index (χ1) is 7.70. The van der Waals surface area contributed by atoms with Gasteiger partial charge in [-0.2, -0.15) is 0 Å². The van der Waals surface area contributed by atoms with Gasteiger partial charge in [0.25, 0.3) is 0 Å². The number of hydrogen-bond donors (Lipinski definition) is 3. The van der Waals surface area contributed by atoms with E-state index in [1.807, 2.05) is 12.1 Å². The predicted molar refractivity (Wildman–Crippen MR) is 60.6 cm³/mol. The molecule has 0 amide bonds. The molecule has 2 aromatic rings. The zero-order valence-corrected chi connectivity index (χ0v) is 8.62. The van der Waals surface area contributed by atoms with E-state index in [1.54, 1.807) is 6.07 Å². The first kappa shape index (κ1) is 10.6. The normalized spacial score (nSPS) is 10.8. The van der Waals surface area contributed by atoms with Crippen LogP contribution in [0.2, 0.25) is 0 Å². The van der Waals surface area contributed by atoms with Gasteiger partial charge >= 0.3 is 11.1 Å². The Hall–Kier alpha value is -1.88. The van der Waals surface area contributed by atoms with Crippen molar-refractivity contribution in [3.8, 4) is 0 Å². The van der Waals surface area contributed by atoms with E-state index in [2.05, 4.69) is 9.97 Å². The lowest BCUT2D eigenvalue weighted by atomic mass is 10.1. The van der Waals surface area contributed by atoms with Crippen molar-refractivity contribution >= 4 is 11.0 Å². The molecule has 0 atom stereocenters. The highest BCUT2D eigenvalue weighted by Crippen LogP contribution is 2.10. The number of nitrogens with one attached hydrogen (secondary N) is 2. The second-order valence-electron chi connectivity index (χ2n) is 3.62. The Balaban J connectivity index is 2.49. The highest BCUT2D eigenvalue weighted by molar-refractivity contribution is 5.74. The number of benzene rings is 1. The number of aromatic amines is 2. The maximum absolute atomic E-state index is 11.1. The van der Waals surface area contributed by atoms with Crippen molar-refractivity contribution in [2.45, 2.75) is 12.8 Å². The Labute approximate surface area is 90.8 Å². The van der Waals surface area contributed by atoms with Gasteiger partial charge in [-0.05, 0) is 30.5 Å². The fourth-order valence-corrected chi connectivity index (χ4v) is 1.60. The fourth-order valence-electron chi connectivity index (χ4n) is 1.60. The van der Waals surface area contributed by atoms with E-state index in [0.29, 0.717) is 17.5 Å². The van der Waals surface area contributed by atoms with Gasteiger partial charge in [-0.3, -0.25) is 9.59 Å². The third-order valence-corrected chi connectivity index (χ3v) is 2.41. The molecule has 0 saturated heterocycles. The van der Waals surface area contributed by atoms with Gasteiger partial charge in [-0.1, -0.05) is 6.07 Å². The molecule has 0 spiro atoms. The Morgan fingerprint density at radius 2 is 1.75 bits per heavy atom. The summed E-state index contributed by atoms with van der Waals surface area (Å²) < 4.78 is 0. The summed E-state index contributed by atoms with van der Waals surface area (Å²) in [6, 6.07) is 5.42. The molecule has 3 N–H and O–H groups in total. The average molecular weight is 220 g/mol. The molecule has 0 bridgehead atoms. The van der Waals surface area contributed by atoms with Crippen LogP contribution in [0, 0.1) is 0 Å². The van der Waals surface area contributed by atoms with Crippen molar-refractivity contribution in [1.29, 1.82) is 0 Å². The number of aryl methyl sites for hydroxylation is 1. The lowest BCUT2D eigenvalue weighted by Gasteiger charge is -2.02. The molecule has 0 saturated carbocycles. The monoisotopic (exact) mass is 220 g/mol. The number of hydrogen-bond acceptors (Lipinski definition) is 3. The third kappa shape index (κ3) is 2.04. The maximum Gasteiger partial charge on any atom is 0.314 e. The minimum Gasteiger partial charge on any atom is -0.396 e. The van der Waals surface area contributed by atoms with Gasteiger partial charge in [0.1, 0.15) is 0 Å². The third-order valence-electron chi connectivity index (χ3n) is 2.41. The molecule has 0 fully saturated rings. The van der Waals surface area contributed by atoms with Crippen molar-refractivity contribution in [2.24, 2.45) is 0 Å². The van der Waals surface area contributed by atoms with Crippen LogP contribution in [0.15, 0.2) is 27.8 Å². The first-order valence-electron chi connectivity index (χ1n) is 5.07. The number of aromatic nitrogens is 2. The number of fused-ring (bicyclic) bond motifs is 1. The maximum atomic E-state index is 11.1. The molecular formula is C11H12N2O3. The zero-order chi connectivity index (χ0) is 11.5. The Bertz CT molecular complexity index is 612. The molecule has 0 aliphatic carbocycles. The molecule has 0 aliphatic rings. The van der Waals surface area contributed by atoms with Crippen LogP contribution in [0.3, 0.4) is 0 Å². The van der Waals surface area contributed by atoms with Crippen molar-refractivity contribution in [2.75, 3.05) is 6.61 Å². The molecule has 0 unspecified atom stereocenters. The van der Waals surface area contributed by atoms with Gasteiger partial charge in [0.05, 0.1) is 11.0 Å². The summed E-state index contributed by atoms with van der Waals surface area (Å²) in [5.41, 5.74) is 0.948. The molecule has 1 aromatic carbocycles. The van der Waals surface area contributed by atoms with Crippen molar-refractivity contribution < 1.29 is 5.11 Å². The molecule has 0 radical (unpaired) electrons. The smallest absolute Gasteiger partial charge is 0.314 e. The summed E-state index contributed by atoms with van der Waals surface area (Å²) >= 11 is 0. The largest absolute Gasteiger partial charge is 0.396 e. The van der Waals surface area contributed by atoms with Gasteiger partial charge in [-0.15, -0.1) is 0 Å². The van der Waals surface area contributed by atoms with Crippen LogP contribution < -0.4 is 11.1 Å². The predicted octanol–water partition coefficient (Wildman–Crippen LogP) is 0.141. The molecule has 5 nitrogen and oxygen atoms in total. The summed E-state index contributed by atoms with van der Waals surface area (Å²) in [5, 5.41) is 8.72. The summed E-state index contributed by atoms with van der Waals surface area (Å²) in [6.07, 6.45) is 1.42. The van der Waals surface area contributed by atoms with E-state index >= 15 is 0 Å². The highest BCUT2D eigenvalue weighted by Gasteiger charge is 2.00. The van der Waals surface area contributed by atoms with Gasteiger partial charge in [-0.25, -0.2) is 0 Å². The molecular weight excluding hydrogens is 208 g/mol. The number of H-pyrrole nitrogens is 2. The van der Waals surface area contributed by atoms with E-state index in [-0.39, 0.29) is 6.61 Å². The van der Waals surface area contributed by atoms with Crippen LogP contribution in [-0.4, -0.2) is 21.7 Å². The Kier molecular flexibility index (Phi) is 2.87. The van der Waals surface area contributed by atoms with E-state index in [4.69, 9.17) is 5.11 Å². The van der Waals surface area contributed by atoms with Gasteiger partial charge in [0.2, 0.25) is 0 Å². The second-order valence-corrected chi connectivity index (χ2v) is 3.62. The molecule has 1 heterocycles. The number of aliphatic hydroxyl groups excluding tert-OH is 1. The first-order valence-corrected chi connectivity index (χ1v) is 5.07. The van der Waals surface area contributed by atoms with Crippen LogP contribution in [0.1, 0.15) is 12.0 Å². The summed E-state index contributed by atoms with van der Waals surface area (Å²) in [6.45, 7) is 0.139. The summed E-state index contributed by atoms with van der Waals surface area (Å²) in [4.78, 5) is 27.2. The minimum absolute atomic E-state index is 0.139. The molecule has 84 valence electrons. The van der Waals surface area contributed by atoms with Gasteiger partial charge in [0.15, 0.2) is 0 Å². The summed E-state index contributed by atoms with van der Waals surface area (Å²) in [5.74, 6) is 0. The quantitative estimate of drug-likeness (QED) is 0.643. The number of aliphatic hydroxyl groups is 1. The average Bonchev–Trinajstić information content (AvgIpc) is 2.28. The molecule has 1 aromatic heterocycles. The molecule has 16 heavy (non-hydrogen) atoms. The number of rotatable bonds is 3. The minimum atomic E-state index is -0.646. The van der Waals surface area contributed by atoms with E-state index in [9.17, 15) is 9.59 Å². The lowest BCUT2D eigenvalue weighted by Crippen LogP contribution is -2.28. The van der Waals surface area contributed by atoms with Crippen molar-refractivity contribution in [1.82, 2.24) is 9.97 Å². The van der Waals surface area contributed by atoms with Crippen LogP contribution >= 0.6 is 0 Å². The van der Waals surface area contributed by atoms with Gasteiger partial charge in [0, 0.05) is 6.61 Å². The van der Waals surface area contributed by atoms with E-state index in [1.165, 1.54) is 0 Å². The molecule has 2 rings (SSSR count). The standard InChI is InChI=1S/C11H12N2O3/c14-5-1-2-7-3-4-8-9(6-7)13-11(16)10(15)12-8/h3-4,6,14H,1-2,5H2,(H,12,15)(H,13,16). The SMILES string of the molecule is O=c1[nH]c2ccc(CCCO)cc2[nH]c1=O. The zero-order valence-electron chi connectivity index (χ0n) is 8.62. The van der Waals surface area contributed by atoms with Gasteiger partial charge < -0.3 is 15.1 Å². The van der Waals surface area contributed by atoms with Crippen LogP contribution in [0.5, 0.6) is 0 Å². The Morgan fingerprint density at radius 3 is 2.44 bits per heavy atom. The Morgan fingerprint density at radius 1 is 1.06 bits per heavy atom. The molecule has 5 heteroatoms. The lowest BCUT2D eigenvalue weighted by molar-refractivity contribution is 0.288.